The zero-order valence-electron chi connectivity index (χ0n) is 11.7. The molecule has 2 nitrogen and oxygen atoms in total. The standard InChI is InChI=1S/C16H17BrClNO/c1-10-4-7-15(20-3)12(8-10)16(19-2)11-5-6-13(17)14(18)9-11/h4-9,16,19H,1-3H3. The maximum Gasteiger partial charge on any atom is 0.123 e. The van der Waals surface area contributed by atoms with Gasteiger partial charge in [0.1, 0.15) is 5.75 Å². The molecule has 4 heteroatoms. The molecule has 1 unspecified atom stereocenters. The second-order valence-electron chi connectivity index (χ2n) is 4.64. The molecule has 0 aromatic heterocycles. The molecule has 2 rings (SSSR count). The number of rotatable bonds is 4. The van der Waals surface area contributed by atoms with Crippen LogP contribution >= 0.6 is 27.5 Å². The lowest BCUT2D eigenvalue weighted by atomic mass is 9.96. The van der Waals surface area contributed by atoms with Gasteiger partial charge in [0, 0.05) is 10.0 Å². The maximum atomic E-state index is 6.20. The summed E-state index contributed by atoms with van der Waals surface area (Å²) in [5, 5.41) is 4.03. The Hall–Kier alpha value is -1.03. The van der Waals surface area contributed by atoms with Gasteiger partial charge in [-0.05, 0) is 53.7 Å². The molecule has 0 spiro atoms. The van der Waals surface area contributed by atoms with Gasteiger partial charge in [0.15, 0.2) is 0 Å². The average Bonchev–Trinajstić information content (AvgIpc) is 2.44. The van der Waals surface area contributed by atoms with Crippen molar-refractivity contribution in [2.75, 3.05) is 14.2 Å². The molecule has 1 atom stereocenters. The molecule has 0 aliphatic rings. The van der Waals surface area contributed by atoms with E-state index in [0.29, 0.717) is 5.02 Å². The summed E-state index contributed by atoms with van der Waals surface area (Å²) in [5.41, 5.74) is 3.40. The zero-order chi connectivity index (χ0) is 14.7. The van der Waals surface area contributed by atoms with E-state index in [-0.39, 0.29) is 6.04 Å². The number of hydrogen-bond donors (Lipinski definition) is 1. The van der Waals surface area contributed by atoms with E-state index in [0.717, 1.165) is 21.3 Å². The first-order valence-corrected chi connectivity index (χ1v) is 7.50. The van der Waals surface area contributed by atoms with Crippen LogP contribution in [0.5, 0.6) is 5.75 Å². The summed E-state index contributed by atoms with van der Waals surface area (Å²) in [5.74, 6) is 0.869. The van der Waals surface area contributed by atoms with E-state index in [1.165, 1.54) is 5.56 Å². The molecule has 20 heavy (non-hydrogen) atoms. The van der Waals surface area contributed by atoms with E-state index in [1.54, 1.807) is 7.11 Å². The first kappa shape index (κ1) is 15.4. The zero-order valence-corrected chi connectivity index (χ0v) is 14.0. The topological polar surface area (TPSA) is 21.3 Å². The third kappa shape index (κ3) is 3.17. The summed E-state index contributed by atoms with van der Waals surface area (Å²) < 4.78 is 6.37. The van der Waals surface area contributed by atoms with Crippen LogP contribution < -0.4 is 10.1 Å². The van der Waals surface area contributed by atoms with Crippen LogP contribution in [0.3, 0.4) is 0 Å². The molecule has 0 bridgehead atoms. The Morgan fingerprint density at radius 1 is 1.20 bits per heavy atom. The van der Waals surface area contributed by atoms with Crippen molar-refractivity contribution in [3.05, 3.63) is 62.6 Å². The highest BCUT2D eigenvalue weighted by molar-refractivity contribution is 9.10. The van der Waals surface area contributed by atoms with Crippen LogP contribution in [0.15, 0.2) is 40.9 Å². The third-order valence-corrected chi connectivity index (χ3v) is 4.49. The van der Waals surface area contributed by atoms with Gasteiger partial charge in [-0.3, -0.25) is 0 Å². The van der Waals surface area contributed by atoms with E-state index in [1.807, 2.05) is 31.3 Å². The molecule has 0 saturated heterocycles. The van der Waals surface area contributed by atoms with Crippen LogP contribution in [0.2, 0.25) is 5.02 Å². The summed E-state index contributed by atoms with van der Waals surface area (Å²) in [7, 11) is 3.62. The lowest BCUT2D eigenvalue weighted by Crippen LogP contribution is -2.18. The normalized spacial score (nSPS) is 12.2. The maximum absolute atomic E-state index is 6.20. The fourth-order valence-corrected chi connectivity index (χ4v) is 2.71. The van der Waals surface area contributed by atoms with Crippen molar-refractivity contribution in [2.45, 2.75) is 13.0 Å². The second kappa shape index (κ2) is 6.61. The molecule has 106 valence electrons. The Labute approximate surface area is 133 Å². The lowest BCUT2D eigenvalue weighted by Gasteiger charge is -2.21. The highest BCUT2D eigenvalue weighted by Gasteiger charge is 2.17. The quantitative estimate of drug-likeness (QED) is 0.857. The van der Waals surface area contributed by atoms with Crippen LogP contribution in [0.1, 0.15) is 22.7 Å². The minimum absolute atomic E-state index is 0.0375. The van der Waals surface area contributed by atoms with Crippen LogP contribution in [0.25, 0.3) is 0 Å². The number of methoxy groups -OCH3 is 1. The summed E-state index contributed by atoms with van der Waals surface area (Å²) in [6.45, 7) is 2.07. The molecule has 2 aromatic carbocycles. The van der Waals surface area contributed by atoms with Gasteiger partial charge in [-0.15, -0.1) is 0 Å². The van der Waals surface area contributed by atoms with Crippen molar-refractivity contribution in [2.24, 2.45) is 0 Å². The summed E-state index contributed by atoms with van der Waals surface area (Å²) in [6.07, 6.45) is 0. The smallest absolute Gasteiger partial charge is 0.123 e. The van der Waals surface area contributed by atoms with Gasteiger partial charge < -0.3 is 10.1 Å². The van der Waals surface area contributed by atoms with Gasteiger partial charge in [-0.2, -0.15) is 0 Å². The molecule has 0 heterocycles. The Kier molecular flexibility index (Phi) is 5.08. The van der Waals surface area contributed by atoms with Gasteiger partial charge in [0.05, 0.1) is 18.2 Å². The molecule has 0 fully saturated rings. The van der Waals surface area contributed by atoms with E-state index < -0.39 is 0 Å². The van der Waals surface area contributed by atoms with Gasteiger partial charge >= 0.3 is 0 Å². The SMILES string of the molecule is CNC(c1ccc(Br)c(Cl)c1)c1cc(C)ccc1OC. The fraction of sp³-hybridized carbons (Fsp3) is 0.250. The largest absolute Gasteiger partial charge is 0.496 e. The molecule has 0 saturated carbocycles. The lowest BCUT2D eigenvalue weighted by molar-refractivity contribution is 0.405. The van der Waals surface area contributed by atoms with Gasteiger partial charge in [-0.25, -0.2) is 0 Å². The third-order valence-electron chi connectivity index (χ3n) is 3.26. The number of nitrogens with one attached hydrogen (secondary N) is 1. The van der Waals surface area contributed by atoms with Crippen molar-refractivity contribution < 1.29 is 4.74 Å². The van der Waals surface area contributed by atoms with Crippen LogP contribution in [-0.2, 0) is 0 Å². The van der Waals surface area contributed by atoms with Crippen molar-refractivity contribution in [3.8, 4) is 5.75 Å². The molecule has 0 aliphatic carbocycles. The first-order chi connectivity index (χ1) is 9.56. The summed E-state index contributed by atoms with van der Waals surface area (Å²) in [6, 6.07) is 12.2. The minimum Gasteiger partial charge on any atom is -0.496 e. The number of ether oxygens (including phenoxy) is 1. The van der Waals surface area contributed by atoms with E-state index in [2.05, 4.69) is 40.3 Å². The summed E-state index contributed by atoms with van der Waals surface area (Å²) >= 11 is 9.62. The highest BCUT2D eigenvalue weighted by Crippen LogP contribution is 2.33. The van der Waals surface area contributed by atoms with E-state index in [4.69, 9.17) is 16.3 Å². The van der Waals surface area contributed by atoms with E-state index >= 15 is 0 Å². The predicted octanol–water partition coefficient (Wildman–Crippen LogP) is 4.73. The van der Waals surface area contributed by atoms with E-state index in [9.17, 15) is 0 Å². The number of hydrogen-bond acceptors (Lipinski definition) is 2. The Morgan fingerprint density at radius 3 is 2.55 bits per heavy atom. The van der Waals surface area contributed by atoms with Crippen molar-refractivity contribution in [3.63, 3.8) is 0 Å². The molecular formula is C16H17BrClNO. The number of halogens is 2. The molecule has 0 radical (unpaired) electrons. The molecule has 0 amide bonds. The predicted molar refractivity (Wildman–Crippen MR) is 87.8 cm³/mol. The minimum atomic E-state index is 0.0375. The number of benzene rings is 2. The van der Waals surface area contributed by atoms with Crippen molar-refractivity contribution in [1.82, 2.24) is 5.32 Å². The number of aryl methyl sites for hydroxylation is 1. The molecule has 1 N–H and O–H groups in total. The highest BCUT2D eigenvalue weighted by atomic mass is 79.9. The van der Waals surface area contributed by atoms with Gasteiger partial charge in [0.2, 0.25) is 0 Å². The Balaban J connectivity index is 2.51. The fourth-order valence-electron chi connectivity index (χ4n) is 2.27. The van der Waals surface area contributed by atoms with Crippen molar-refractivity contribution in [1.29, 1.82) is 0 Å². The second-order valence-corrected chi connectivity index (χ2v) is 5.90. The van der Waals surface area contributed by atoms with Gasteiger partial charge in [0.25, 0.3) is 0 Å². The Bertz CT molecular complexity index is 615. The van der Waals surface area contributed by atoms with Crippen molar-refractivity contribution >= 4 is 27.5 Å². The molecule has 0 aliphatic heterocycles. The van der Waals surface area contributed by atoms with Crippen LogP contribution in [0.4, 0.5) is 0 Å². The Morgan fingerprint density at radius 2 is 1.95 bits per heavy atom. The average molecular weight is 355 g/mol. The van der Waals surface area contributed by atoms with Crippen LogP contribution in [0, 0.1) is 6.92 Å². The molecule has 2 aromatic rings. The van der Waals surface area contributed by atoms with Gasteiger partial charge in [-0.1, -0.05) is 35.4 Å². The first-order valence-electron chi connectivity index (χ1n) is 6.33. The van der Waals surface area contributed by atoms with Crippen LogP contribution in [-0.4, -0.2) is 14.2 Å². The monoisotopic (exact) mass is 353 g/mol. The molecular weight excluding hydrogens is 338 g/mol. The summed E-state index contributed by atoms with van der Waals surface area (Å²) in [4.78, 5) is 0.